The Morgan fingerprint density at radius 3 is 2.94 bits per heavy atom. The Balaban J connectivity index is 2.40. The van der Waals surface area contributed by atoms with Crippen LogP contribution >= 0.6 is 0 Å². The van der Waals surface area contributed by atoms with E-state index in [9.17, 15) is 0 Å². The summed E-state index contributed by atoms with van der Waals surface area (Å²) in [7, 11) is 0. The van der Waals surface area contributed by atoms with E-state index in [1.807, 2.05) is 6.20 Å². The van der Waals surface area contributed by atoms with Gasteiger partial charge >= 0.3 is 0 Å². The minimum atomic E-state index is 0.553. The van der Waals surface area contributed by atoms with Crippen molar-refractivity contribution in [3.63, 3.8) is 0 Å². The van der Waals surface area contributed by atoms with Crippen LogP contribution in [0.5, 0.6) is 0 Å². The molecule has 0 saturated heterocycles. The SMILES string of the molecule is CC(C)c1ccnc2ccc3c(c12)CCN3. The highest BCUT2D eigenvalue weighted by molar-refractivity contribution is 5.91. The lowest BCUT2D eigenvalue weighted by Crippen LogP contribution is -1.94. The molecule has 2 heteroatoms. The maximum absolute atomic E-state index is 4.47. The van der Waals surface area contributed by atoms with E-state index in [-0.39, 0.29) is 0 Å². The van der Waals surface area contributed by atoms with Crippen molar-refractivity contribution < 1.29 is 0 Å². The molecule has 0 atom stereocenters. The summed E-state index contributed by atoms with van der Waals surface area (Å²) in [5.74, 6) is 0.553. The quantitative estimate of drug-likeness (QED) is 0.784. The number of benzene rings is 1. The highest BCUT2D eigenvalue weighted by Crippen LogP contribution is 2.34. The van der Waals surface area contributed by atoms with Crippen molar-refractivity contribution in [1.82, 2.24) is 4.98 Å². The summed E-state index contributed by atoms with van der Waals surface area (Å²) >= 11 is 0. The van der Waals surface area contributed by atoms with E-state index in [4.69, 9.17) is 0 Å². The Labute approximate surface area is 95.7 Å². The number of aromatic nitrogens is 1. The number of pyridine rings is 1. The van der Waals surface area contributed by atoms with Crippen LogP contribution in [-0.4, -0.2) is 11.5 Å². The van der Waals surface area contributed by atoms with Crippen LogP contribution in [0.2, 0.25) is 0 Å². The normalized spacial score (nSPS) is 14.2. The lowest BCUT2D eigenvalue weighted by molar-refractivity contribution is 0.873. The molecule has 1 N–H and O–H groups in total. The van der Waals surface area contributed by atoms with Crippen molar-refractivity contribution in [3.05, 3.63) is 35.5 Å². The van der Waals surface area contributed by atoms with Crippen molar-refractivity contribution in [1.29, 1.82) is 0 Å². The van der Waals surface area contributed by atoms with Gasteiger partial charge in [0.05, 0.1) is 5.52 Å². The molecule has 0 spiro atoms. The molecule has 1 aromatic carbocycles. The lowest BCUT2D eigenvalue weighted by atomic mass is 9.94. The first-order chi connectivity index (χ1) is 7.77. The van der Waals surface area contributed by atoms with E-state index >= 15 is 0 Å². The molecular weight excluding hydrogens is 196 g/mol. The van der Waals surface area contributed by atoms with E-state index in [1.165, 1.54) is 22.2 Å². The first kappa shape index (κ1) is 9.64. The average molecular weight is 212 g/mol. The van der Waals surface area contributed by atoms with Crippen LogP contribution < -0.4 is 5.32 Å². The molecule has 1 aromatic heterocycles. The third-order valence-corrected chi connectivity index (χ3v) is 3.36. The van der Waals surface area contributed by atoms with Gasteiger partial charge in [0, 0.05) is 23.8 Å². The highest BCUT2D eigenvalue weighted by Gasteiger charge is 2.17. The smallest absolute Gasteiger partial charge is 0.0709 e. The van der Waals surface area contributed by atoms with E-state index in [2.05, 4.69) is 42.3 Å². The minimum Gasteiger partial charge on any atom is -0.384 e. The van der Waals surface area contributed by atoms with E-state index < -0.39 is 0 Å². The molecular formula is C14H16N2. The molecule has 3 rings (SSSR count). The van der Waals surface area contributed by atoms with Crippen LogP contribution in [0.4, 0.5) is 5.69 Å². The second-order valence-corrected chi connectivity index (χ2v) is 4.72. The average Bonchev–Trinajstić information content (AvgIpc) is 2.76. The Bertz CT molecular complexity index is 544. The van der Waals surface area contributed by atoms with Crippen LogP contribution in [-0.2, 0) is 6.42 Å². The fourth-order valence-electron chi connectivity index (χ4n) is 2.57. The number of hydrogen-bond acceptors (Lipinski definition) is 2. The summed E-state index contributed by atoms with van der Waals surface area (Å²) in [6.07, 6.45) is 3.05. The van der Waals surface area contributed by atoms with Crippen LogP contribution in [0.15, 0.2) is 24.4 Å². The molecule has 0 unspecified atom stereocenters. The minimum absolute atomic E-state index is 0.553. The molecule has 1 aliphatic rings. The fourth-order valence-corrected chi connectivity index (χ4v) is 2.57. The molecule has 2 aromatic rings. The van der Waals surface area contributed by atoms with E-state index in [0.717, 1.165) is 18.5 Å². The van der Waals surface area contributed by atoms with Crippen molar-refractivity contribution in [2.75, 3.05) is 11.9 Å². The molecule has 0 saturated carbocycles. The summed E-state index contributed by atoms with van der Waals surface area (Å²) in [6.45, 7) is 5.55. The molecule has 0 bridgehead atoms. The summed E-state index contributed by atoms with van der Waals surface area (Å²) in [5, 5.41) is 4.81. The Kier molecular flexibility index (Phi) is 2.10. The second-order valence-electron chi connectivity index (χ2n) is 4.72. The van der Waals surface area contributed by atoms with Crippen LogP contribution in [0.3, 0.4) is 0 Å². The largest absolute Gasteiger partial charge is 0.384 e. The number of nitrogens with zero attached hydrogens (tertiary/aromatic N) is 1. The fraction of sp³-hybridized carbons (Fsp3) is 0.357. The summed E-state index contributed by atoms with van der Waals surface area (Å²) in [5.41, 5.74) is 5.30. The standard InChI is InChI=1S/C14H16N2/c1-9(2)10-5-7-16-13-4-3-12-11(14(10)13)6-8-15-12/h3-5,7,9,15H,6,8H2,1-2H3. The van der Waals surface area contributed by atoms with Crippen molar-refractivity contribution >= 4 is 16.6 Å². The summed E-state index contributed by atoms with van der Waals surface area (Å²) in [4.78, 5) is 4.47. The predicted molar refractivity (Wildman–Crippen MR) is 68.0 cm³/mol. The van der Waals surface area contributed by atoms with Crippen LogP contribution in [0, 0.1) is 0 Å². The van der Waals surface area contributed by atoms with Crippen molar-refractivity contribution in [3.8, 4) is 0 Å². The van der Waals surface area contributed by atoms with Crippen molar-refractivity contribution in [2.45, 2.75) is 26.2 Å². The monoisotopic (exact) mass is 212 g/mol. The topological polar surface area (TPSA) is 24.9 Å². The maximum Gasteiger partial charge on any atom is 0.0709 e. The number of rotatable bonds is 1. The summed E-state index contributed by atoms with van der Waals surface area (Å²) in [6, 6.07) is 6.44. The van der Waals surface area contributed by atoms with Gasteiger partial charge in [-0.15, -0.1) is 0 Å². The summed E-state index contributed by atoms with van der Waals surface area (Å²) < 4.78 is 0. The van der Waals surface area contributed by atoms with Gasteiger partial charge in [-0.25, -0.2) is 0 Å². The number of anilines is 1. The zero-order valence-electron chi connectivity index (χ0n) is 9.75. The molecule has 0 amide bonds. The van der Waals surface area contributed by atoms with Gasteiger partial charge in [0.25, 0.3) is 0 Å². The maximum atomic E-state index is 4.47. The molecule has 1 aliphatic heterocycles. The third-order valence-electron chi connectivity index (χ3n) is 3.36. The van der Waals surface area contributed by atoms with Gasteiger partial charge in [0.1, 0.15) is 0 Å². The molecule has 0 aliphatic carbocycles. The molecule has 2 heterocycles. The Morgan fingerprint density at radius 2 is 2.12 bits per heavy atom. The van der Waals surface area contributed by atoms with Crippen LogP contribution in [0.1, 0.15) is 30.9 Å². The van der Waals surface area contributed by atoms with Crippen molar-refractivity contribution in [2.24, 2.45) is 0 Å². The first-order valence-corrected chi connectivity index (χ1v) is 5.91. The highest BCUT2D eigenvalue weighted by atomic mass is 14.9. The van der Waals surface area contributed by atoms with Gasteiger partial charge in [0.15, 0.2) is 0 Å². The Morgan fingerprint density at radius 1 is 1.25 bits per heavy atom. The van der Waals surface area contributed by atoms with Crippen LogP contribution in [0.25, 0.3) is 10.9 Å². The third kappa shape index (κ3) is 1.29. The first-order valence-electron chi connectivity index (χ1n) is 5.91. The predicted octanol–water partition coefficient (Wildman–Crippen LogP) is 3.33. The number of fused-ring (bicyclic) bond motifs is 3. The van der Waals surface area contributed by atoms with Gasteiger partial charge in [-0.1, -0.05) is 13.8 Å². The van der Waals surface area contributed by atoms with E-state index in [1.54, 1.807) is 0 Å². The van der Waals surface area contributed by atoms with Gasteiger partial charge in [-0.05, 0) is 41.7 Å². The van der Waals surface area contributed by atoms with Gasteiger partial charge in [-0.3, -0.25) is 4.98 Å². The zero-order valence-corrected chi connectivity index (χ0v) is 9.75. The van der Waals surface area contributed by atoms with Gasteiger partial charge in [-0.2, -0.15) is 0 Å². The van der Waals surface area contributed by atoms with Gasteiger partial charge in [0.2, 0.25) is 0 Å². The zero-order chi connectivity index (χ0) is 11.1. The molecule has 0 fully saturated rings. The molecule has 16 heavy (non-hydrogen) atoms. The molecule has 82 valence electrons. The van der Waals surface area contributed by atoms with Gasteiger partial charge < -0.3 is 5.32 Å². The Hall–Kier alpha value is -1.57. The molecule has 0 radical (unpaired) electrons. The van der Waals surface area contributed by atoms with E-state index in [0.29, 0.717) is 5.92 Å². The molecule has 2 nitrogen and oxygen atoms in total. The number of nitrogens with one attached hydrogen (secondary N) is 1. The lowest BCUT2D eigenvalue weighted by Gasteiger charge is -2.12. The second kappa shape index (κ2) is 3.48. The number of hydrogen-bond donors (Lipinski definition) is 1.